The Bertz CT molecular complexity index is 763. The van der Waals surface area contributed by atoms with Gasteiger partial charge in [-0.1, -0.05) is 85.4 Å². The zero-order chi connectivity index (χ0) is 18.8. The van der Waals surface area contributed by atoms with E-state index in [1.807, 2.05) is 11.8 Å². The van der Waals surface area contributed by atoms with Gasteiger partial charge in [-0.15, -0.1) is 11.8 Å². The molecule has 3 aromatic carbocycles. The van der Waals surface area contributed by atoms with E-state index in [9.17, 15) is 4.79 Å². The molecule has 0 aliphatic carbocycles. The Kier molecular flexibility index (Phi) is 7.72. The number of hydrogen-bond donors (Lipinski definition) is 1. The van der Waals surface area contributed by atoms with Crippen LogP contribution in [0.4, 0.5) is 0 Å². The van der Waals surface area contributed by atoms with Gasteiger partial charge in [0, 0.05) is 10.5 Å². The summed E-state index contributed by atoms with van der Waals surface area (Å²) in [6.45, 7) is 4.60. The molecule has 0 unspecified atom stereocenters. The van der Waals surface area contributed by atoms with Gasteiger partial charge in [0.25, 0.3) is 0 Å². The summed E-state index contributed by atoms with van der Waals surface area (Å²) in [6, 6.07) is 32.0. The van der Waals surface area contributed by atoms with Gasteiger partial charge >= 0.3 is 5.97 Å². The maximum atomic E-state index is 9.60. The molecule has 0 radical (unpaired) electrons. The summed E-state index contributed by atoms with van der Waals surface area (Å²) in [5, 5.41) is 8.22. The lowest BCUT2D eigenvalue weighted by atomic mass is 10.0. The molecule has 1 N–H and O–H groups in total. The quantitative estimate of drug-likeness (QED) is 0.433. The molecule has 132 valence electrons. The van der Waals surface area contributed by atoms with Crippen LogP contribution in [0.15, 0.2) is 108 Å². The van der Waals surface area contributed by atoms with Crippen LogP contribution >= 0.6 is 11.8 Å². The van der Waals surface area contributed by atoms with Crippen LogP contribution in [-0.2, 0) is 4.79 Å². The van der Waals surface area contributed by atoms with Crippen molar-refractivity contribution in [1.29, 1.82) is 0 Å². The van der Waals surface area contributed by atoms with Crippen LogP contribution in [0.1, 0.15) is 23.3 Å². The van der Waals surface area contributed by atoms with Gasteiger partial charge in [-0.3, -0.25) is 0 Å². The molecule has 3 heteroatoms. The lowest BCUT2D eigenvalue weighted by Gasteiger charge is -2.17. The number of thioether (sulfide) groups is 1. The fourth-order valence-corrected chi connectivity index (χ4v) is 3.39. The molecular formula is C23H22O2S. The van der Waals surface area contributed by atoms with E-state index in [-0.39, 0.29) is 5.57 Å². The number of rotatable bonds is 5. The highest BCUT2D eigenvalue weighted by Crippen LogP contribution is 2.40. The lowest BCUT2D eigenvalue weighted by molar-refractivity contribution is -0.132. The fraction of sp³-hybridized carbons (Fsp3) is 0.0870. The van der Waals surface area contributed by atoms with Gasteiger partial charge in [-0.2, -0.15) is 0 Å². The summed E-state index contributed by atoms with van der Waals surface area (Å²) in [4.78, 5) is 10.9. The Hall–Kier alpha value is -2.78. The van der Waals surface area contributed by atoms with Crippen LogP contribution in [0.2, 0.25) is 0 Å². The zero-order valence-electron chi connectivity index (χ0n) is 14.7. The normalized spacial score (nSPS) is 9.92. The largest absolute Gasteiger partial charge is 0.478 e. The van der Waals surface area contributed by atoms with Gasteiger partial charge in [0.1, 0.15) is 0 Å². The summed E-state index contributed by atoms with van der Waals surface area (Å²) >= 11 is 1.89. The number of benzene rings is 3. The smallest absolute Gasteiger partial charge is 0.330 e. The lowest BCUT2D eigenvalue weighted by Crippen LogP contribution is -1.96. The molecule has 0 fully saturated rings. The van der Waals surface area contributed by atoms with E-state index < -0.39 is 5.97 Å². The topological polar surface area (TPSA) is 37.3 Å². The van der Waals surface area contributed by atoms with Crippen molar-refractivity contribution in [2.45, 2.75) is 17.1 Å². The second-order valence-corrected chi connectivity index (χ2v) is 6.90. The molecule has 0 heterocycles. The summed E-state index contributed by atoms with van der Waals surface area (Å²) in [6.07, 6.45) is 0. The molecule has 26 heavy (non-hydrogen) atoms. The maximum Gasteiger partial charge on any atom is 0.330 e. The molecule has 3 aromatic rings. The van der Waals surface area contributed by atoms with E-state index in [0.717, 1.165) is 0 Å². The van der Waals surface area contributed by atoms with Crippen molar-refractivity contribution < 1.29 is 9.90 Å². The SMILES string of the molecule is C=C(C)C(=O)O.c1ccc(SC(c2ccccc2)c2ccccc2)cc1. The monoisotopic (exact) mass is 362 g/mol. The standard InChI is InChI=1S/C19H16S.C4H6O2/c1-4-10-16(11-5-1)19(17-12-6-2-7-13-17)20-18-14-8-3-9-15-18;1-3(2)4(5)6/h1-15,19H;1H2,2H3,(H,5,6). The molecule has 0 amide bonds. The first-order chi connectivity index (χ1) is 12.6. The Labute approximate surface area is 159 Å². The Morgan fingerprint density at radius 2 is 1.15 bits per heavy atom. The molecule has 0 saturated carbocycles. The summed E-state index contributed by atoms with van der Waals surface area (Å²) in [7, 11) is 0. The molecule has 0 aromatic heterocycles. The van der Waals surface area contributed by atoms with E-state index in [1.165, 1.54) is 22.9 Å². The molecule has 0 aliphatic rings. The van der Waals surface area contributed by atoms with Crippen molar-refractivity contribution >= 4 is 17.7 Å². The van der Waals surface area contributed by atoms with Crippen molar-refractivity contribution in [2.24, 2.45) is 0 Å². The minimum absolute atomic E-state index is 0.176. The third kappa shape index (κ3) is 6.26. The Morgan fingerprint density at radius 1 is 0.808 bits per heavy atom. The number of carboxylic acids is 1. The van der Waals surface area contributed by atoms with E-state index in [1.54, 1.807) is 0 Å². The molecule has 0 bridgehead atoms. The summed E-state index contributed by atoms with van der Waals surface area (Å²) in [5.74, 6) is -0.935. The fourth-order valence-electron chi connectivity index (χ4n) is 2.22. The predicted molar refractivity (Wildman–Crippen MR) is 109 cm³/mol. The minimum Gasteiger partial charge on any atom is -0.478 e. The third-order valence-corrected chi connectivity index (χ3v) is 4.89. The van der Waals surface area contributed by atoms with Gasteiger partial charge in [0.2, 0.25) is 0 Å². The van der Waals surface area contributed by atoms with Gasteiger partial charge in [-0.25, -0.2) is 4.79 Å². The highest BCUT2D eigenvalue weighted by molar-refractivity contribution is 7.99. The van der Waals surface area contributed by atoms with Crippen LogP contribution in [0.25, 0.3) is 0 Å². The molecule has 2 nitrogen and oxygen atoms in total. The van der Waals surface area contributed by atoms with Crippen LogP contribution in [-0.4, -0.2) is 11.1 Å². The van der Waals surface area contributed by atoms with Crippen molar-refractivity contribution in [3.63, 3.8) is 0 Å². The van der Waals surface area contributed by atoms with Crippen LogP contribution in [0, 0.1) is 0 Å². The molecule has 0 saturated heterocycles. The molecule has 0 atom stereocenters. The van der Waals surface area contributed by atoms with E-state index in [2.05, 4.69) is 97.6 Å². The predicted octanol–water partition coefficient (Wildman–Crippen LogP) is 6.22. The van der Waals surface area contributed by atoms with Gasteiger partial charge in [0.15, 0.2) is 0 Å². The first-order valence-corrected chi connectivity index (χ1v) is 9.16. The zero-order valence-corrected chi connectivity index (χ0v) is 15.5. The average Bonchev–Trinajstić information content (AvgIpc) is 2.69. The second-order valence-electron chi connectivity index (χ2n) is 5.72. The summed E-state index contributed by atoms with van der Waals surface area (Å²) < 4.78 is 0. The molecular weight excluding hydrogens is 340 g/mol. The van der Waals surface area contributed by atoms with Crippen LogP contribution in [0.5, 0.6) is 0 Å². The minimum atomic E-state index is -0.935. The van der Waals surface area contributed by atoms with Gasteiger partial charge in [0.05, 0.1) is 5.25 Å². The van der Waals surface area contributed by atoms with Crippen molar-refractivity contribution in [3.8, 4) is 0 Å². The van der Waals surface area contributed by atoms with Crippen molar-refractivity contribution in [1.82, 2.24) is 0 Å². The van der Waals surface area contributed by atoms with Gasteiger partial charge in [-0.05, 0) is 30.2 Å². The first-order valence-electron chi connectivity index (χ1n) is 8.28. The summed E-state index contributed by atoms with van der Waals surface area (Å²) in [5.41, 5.74) is 2.86. The number of carboxylic acid groups (broad SMARTS) is 1. The van der Waals surface area contributed by atoms with Crippen LogP contribution in [0.3, 0.4) is 0 Å². The third-order valence-electron chi connectivity index (χ3n) is 3.57. The van der Waals surface area contributed by atoms with E-state index in [0.29, 0.717) is 5.25 Å². The van der Waals surface area contributed by atoms with Crippen molar-refractivity contribution in [3.05, 3.63) is 114 Å². The number of hydrogen-bond acceptors (Lipinski definition) is 2. The average molecular weight is 362 g/mol. The molecule has 0 aliphatic heterocycles. The highest BCUT2D eigenvalue weighted by Gasteiger charge is 2.14. The van der Waals surface area contributed by atoms with Crippen LogP contribution < -0.4 is 0 Å². The Balaban J connectivity index is 0.000000352. The molecule has 0 spiro atoms. The molecule has 3 rings (SSSR count). The first kappa shape index (κ1) is 19.5. The second kappa shape index (κ2) is 10.3. The van der Waals surface area contributed by atoms with Gasteiger partial charge < -0.3 is 5.11 Å². The number of carbonyl (C=O) groups is 1. The Morgan fingerprint density at radius 3 is 1.50 bits per heavy atom. The van der Waals surface area contributed by atoms with Crippen molar-refractivity contribution in [2.75, 3.05) is 0 Å². The number of aliphatic carboxylic acids is 1. The maximum absolute atomic E-state index is 9.60. The highest BCUT2D eigenvalue weighted by atomic mass is 32.2. The van der Waals surface area contributed by atoms with E-state index in [4.69, 9.17) is 5.11 Å². The van der Waals surface area contributed by atoms with E-state index >= 15 is 0 Å².